The zero-order valence-corrected chi connectivity index (χ0v) is 15.0. The molecule has 7 heteroatoms. The molecule has 1 aliphatic rings. The summed E-state index contributed by atoms with van der Waals surface area (Å²) in [6, 6.07) is 2.24. The smallest absolute Gasteiger partial charge is 0.205 e. The first kappa shape index (κ1) is 15.1. The monoisotopic (exact) mass is 340 g/mol. The van der Waals surface area contributed by atoms with Crippen LogP contribution in [0.5, 0.6) is 0 Å². The van der Waals surface area contributed by atoms with Gasteiger partial charge >= 0.3 is 0 Å². The molecule has 0 fully saturated rings. The first-order chi connectivity index (χ1) is 9.90. The van der Waals surface area contributed by atoms with Gasteiger partial charge < -0.3 is 5.32 Å². The van der Waals surface area contributed by atoms with Crippen LogP contribution in [0.3, 0.4) is 0 Å². The lowest BCUT2D eigenvalue weighted by atomic mass is 10.1. The molecule has 0 amide bonds. The largest absolute Gasteiger partial charge is 0.356 e. The summed E-state index contributed by atoms with van der Waals surface area (Å²) in [5.41, 5.74) is 1.47. The van der Waals surface area contributed by atoms with Crippen LogP contribution in [0.2, 0.25) is 0 Å². The number of nitrogens with one attached hydrogen (secondary N) is 1. The Labute approximate surface area is 138 Å². The molecule has 0 saturated carbocycles. The minimum atomic E-state index is 0.00809. The summed E-state index contributed by atoms with van der Waals surface area (Å²) in [6.07, 6.45) is 1.14. The fourth-order valence-corrected chi connectivity index (χ4v) is 4.47. The third kappa shape index (κ3) is 3.71. The number of rotatable bonds is 3. The molecular weight excluding hydrogens is 320 g/mol. The van der Waals surface area contributed by atoms with E-state index >= 15 is 0 Å². The number of aromatic nitrogens is 2. The van der Waals surface area contributed by atoms with E-state index < -0.39 is 0 Å². The zero-order valence-electron chi connectivity index (χ0n) is 12.5. The lowest BCUT2D eigenvalue weighted by molar-refractivity contribution is 0.190. The SMILES string of the molecule is CC(C)(C)Nc1nn(CN2CCc3sccc3C2)c(=S)s1. The molecule has 2 aromatic heterocycles. The maximum absolute atomic E-state index is 5.45. The van der Waals surface area contributed by atoms with Gasteiger partial charge in [-0.2, -0.15) is 0 Å². The predicted molar refractivity (Wildman–Crippen MR) is 92.7 cm³/mol. The summed E-state index contributed by atoms with van der Waals surface area (Å²) in [5, 5.41) is 11.1. The van der Waals surface area contributed by atoms with Crippen molar-refractivity contribution in [1.29, 1.82) is 0 Å². The first-order valence-corrected chi connectivity index (χ1v) is 9.15. The molecule has 0 aliphatic carbocycles. The molecule has 3 rings (SSSR count). The van der Waals surface area contributed by atoms with Crippen LogP contribution >= 0.6 is 34.9 Å². The highest BCUT2D eigenvalue weighted by atomic mass is 32.1. The fraction of sp³-hybridized carbons (Fsp3) is 0.571. The molecule has 0 spiro atoms. The Morgan fingerprint density at radius 2 is 2.24 bits per heavy atom. The third-order valence-electron chi connectivity index (χ3n) is 3.31. The van der Waals surface area contributed by atoms with Gasteiger partial charge in [0.05, 0.1) is 6.67 Å². The molecule has 4 nitrogen and oxygen atoms in total. The number of anilines is 1. The molecule has 2 aromatic rings. The van der Waals surface area contributed by atoms with Crippen LogP contribution in [0.25, 0.3) is 0 Å². The van der Waals surface area contributed by atoms with Gasteiger partial charge in [-0.05, 0) is 56.4 Å². The molecule has 21 heavy (non-hydrogen) atoms. The highest BCUT2D eigenvalue weighted by molar-refractivity contribution is 7.73. The predicted octanol–water partition coefficient (Wildman–Crippen LogP) is 3.96. The summed E-state index contributed by atoms with van der Waals surface area (Å²) in [5.74, 6) is 0. The van der Waals surface area contributed by atoms with Crippen LogP contribution in [0, 0.1) is 3.95 Å². The summed E-state index contributed by atoms with van der Waals surface area (Å²) in [6.45, 7) is 9.24. The molecule has 0 unspecified atom stereocenters. The third-order valence-corrected chi connectivity index (χ3v) is 5.56. The fourth-order valence-electron chi connectivity index (χ4n) is 2.38. The Bertz CT molecular complexity index is 677. The van der Waals surface area contributed by atoms with Crippen LogP contribution in [0.15, 0.2) is 11.4 Å². The van der Waals surface area contributed by atoms with Crippen LogP contribution in [0.1, 0.15) is 31.2 Å². The van der Waals surface area contributed by atoms with Crippen molar-refractivity contribution in [3.8, 4) is 0 Å². The van der Waals surface area contributed by atoms with E-state index in [1.165, 1.54) is 10.4 Å². The Balaban J connectivity index is 1.70. The second kappa shape index (κ2) is 5.79. The van der Waals surface area contributed by atoms with Crippen molar-refractivity contribution in [2.45, 2.75) is 45.9 Å². The molecule has 114 valence electrons. The summed E-state index contributed by atoms with van der Waals surface area (Å²) in [7, 11) is 0. The van der Waals surface area contributed by atoms with Crippen LogP contribution in [-0.2, 0) is 19.6 Å². The number of thiophene rings is 1. The number of hydrogen-bond donors (Lipinski definition) is 1. The number of fused-ring (bicyclic) bond motifs is 1. The Morgan fingerprint density at radius 1 is 1.43 bits per heavy atom. The molecule has 0 bridgehead atoms. The van der Waals surface area contributed by atoms with Crippen LogP contribution in [0.4, 0.5) is 5.13 Å². The Hall–Kier alpha value is -0.760. The lowest BCUT2D eigenvalue weighted by Gasteiger charge is -2.26. The van der Waals surface area contributed by atoms with Crippen molar-refractivity contribution in [2.24, 2.45) is 0 Å². The topological polar surface area (TPSA) is 33.1 Å². The van der Waals surface area contributed by atoms with E-state index in [1.807, 2.05) is 16.0 Å². The lowest BCUT2D eigenvalue weighted by Crippen LogP contribution is -2.32. The second-order valence-electron chi connectivity index (χ2n) is 6.36. The van der Waals surface area contributed by atoms with E-state index in [9.17, 15) is 0 Å². The van der Waals surface area contributed by atoms with Crippen molar-refractivity contribution in [3.63, 3.8) is 0 Å². The standard InChI is InChI=1S/C14H20N4S3/c1-14(2,3)15-12-16-18(13(19)21-12)9-17-6-4-11-10(8-17)5-7-20-11/h5,7H,4,6,8-9H2,1-3H3,(H,15,16). The van der Waals surface area contributed by atoms with Crippen molar-refractivity contribution in [3.05, 3.63) is 25.8 Å². The van der Waals surface area contributed by atoms with Gasteiger partial charge in [-0.1, -0.05) is 11.3 Å². The van der Waals surface area contributed by atoms with Gasteiger partial charge in [0.2, 0.25) is 5.13 Å². The molecular formula is C14H20N4S3. The molecule has 1 aliphatic heterocycles. The summed E-state index contributed by atoms with van der Waals surface area (Å²) in [4.78, 5) is 3.94. The van der Waals surface area contributed by atoms with E-state index in [4.69, 9.17) is 12.2 Å². The molecule has 0 saturated heterocycles. The minimum absolute atomic E-state index is 0.00809. The van der Waals surface area contributed by atoms with Crippen molar-refractivity contribution in [1.82, 2.24) is 14.7 Å². The van der Waals surface area contributed by atoms with Crippen molar-refractivity contribution in [2.75, 3.05) is 11.9 Å². The molecule has 3 heterocycles. The maximum Gasteiger partial charge on any atom is 0.205 e. The van der Waals surface area contributed by atoms with Crippen LogP contribution in [-0.4, -0.2) is 26.8 Å². The Morgan fingerprint density at radius 3 is 3.00 bits per heavy atom. The maximum atomic E-state index is 5.45. The van der Waals surface area contributed by atoms with Gasteiger partial charge in [0.25, 0.3) is 0 Å². The molecule has 1 N–H and O–H groups in total. The molecule has 0 atom stereocenters. The van der Waals surface area contributed by atoms with Gasteiger partial charge in [0.1, 0.15) is 0 Å². The average molecular weight is 341 g/mol. The van der Waals surface area contributed by atoms with E-state index in [0.29, 0.717) is 0 Å². The summed E-state index contributed by atoms with van der Waals surface area (Å²) < 4.78 is 2.77. The van der Waals surface area contributed by atoms with E-state index in [1.54, 1.807) is 11.3 Å². The molecule has 0 aromatic carbocycles. The van der Waals surface area contributed by atoms with Crippen molar-refractivity contribution < 1.29 is 0 Å². The van der Waals surface area contributed by atoms with E-state index in [-0.39, 0.29) is 5.54 Å². The number of nitrogens with zero attached hydrogens (tertiary/aromatic N) is 3. The zero-order chi connectivity index (χ0) is 15.0. The average Bonchev–Trinajstić information content (AvgIpc) is 2.94. The van der Waals surface area contributed by atoms with Crippen LogP contribution < -0.4 is 5.32 Å². The van der Waals surface area contributed by atoms with Gasteiger partial charge in [0, 0.05) is 23.5 Å². The highest BCUT2D eigenvalue weighted by Gasteiger charge is 2.19. The highest BCUT2D eigenvalue weighted by Crippen LogP contribution is 2.25. The Kier molecular flexibility index (Phi) is 4.18. The van der Waals surface area contributed by atoms with Gasteiger partial charge in [0.15, 0.2) is 3.95 Å². The normalized spacial score (nSPS) is 16.0. The summed E-state index contributed by atoms with van der Waals surface area (Å²) >= 11 is 8.86. The second-order valence-corrected chi connectivity index (χ2v) is 8.98. The van der Waals surface area contributed by atoms with E-state index in [0.717, 1.165) is 35.3 Å². The number of hydrogen-bond acceptors (Lipinski definition) is 6. The van der Waals surface area contributed by atoms with E-state index in [2.05, 4.69) is 47.5 Å². The minimum Gasteiger partial charge on any atom is -0.356 e. The van der Waals surface area contributed by atoms with Gasteiger partial charge in [-0.25, -0.2) is 4.68 Å². The van der Waals surface area contributed by atoms with Crippen molar-refractivity contribution >= 4 is 40.0 Å². The van der Waals surface area contributed by atoms with Gasteiger partial charge in [-0.15, -0.1) is 16.4 Å². The first-order valence-electron chi connectivity index (χ1n) is 7.04. The molecule has 0 radical (unpaired) electrons. The quantitative estimate of drug-likeness (QED) is 0.857. The van der Waals surface area contributed by atoms with Gasteiger partial charge in [-0.3, -0.25) is 4.90 Å².